The molecule has 1 N–H and O–H groups in total. The molecule has 0 spiro atoms. The zero-order valence-electron chi connectivity index (χ0n) is 10.5. The van der Waals surface area contributed by atoms with E-state index in [1.165, 1.54) is 16.8 Å². The summed E-state index contributed by atoms with van der Waals surface area (Å²) in [6.45, 7) is 5.40. The van der Waals surface area contributed by atoms with Gasteiger partial charge in [-0.15, -0.1) is 0 Å². The Labute approximate surface area is 103 Å². The minimum Gasteiger partial charge on any atom is -0.384 e. The third-order valence-corrected chi connectivity index (χ3v) is 3.11. The van der Waals surface area contributed by atoms with E-state index >= 15 is 0 Å². The van der Waals surface area contributed by atoms with Gasteiger partial charge < -0.3 is 5.32 Å². The average Bonchev–Trinajstić information content (AvgIpc) is 2.38. The van der Waals surface area contributed by atoms with E-state index in [9.17, 15) is 0 Å². The molecular formula is C16H19N. The van der Waals surface area contributed by atoms with Gasteiger partial charge in [0.2, 0.25) is 0 Å². The van der Waals surface area contributed by atoms with Crippen molar-refractivity contribution < 1.29 is 0 Å². The van der Waals surface area contributed by atoms with Crippen molar-refractivity contribution in [3.63, 3.8) is 0 Å². The molecule has 0 aliphatic carbocycles. The molecule has 0 bridgehead atoms. The van der Waals surface area contributed by atoms with Crippen molar-refractivity contribution in [3.8, 4) is 0 Å². The van der Waals surface area contributed by atoms with Crippen LogP contribution in [0.5, 0.6) is 0 Å². The summed E-state index contributed by atoms with van der Waals surface area (Å²) in [6.07, 6.45) is 0. The first-order valence-electron chi connectivity index (χ1n) is 6.12. The first kappa shape index (κ1) is 11.7. The normalized spacial score (nSPS) is 12.1. The number of hydrogen-bond acceptors (Lipinski definition) is 1. The van der Waals surface area contributed by atoms with Crippen LogP contribution in [-0.4, -0.2) is 6.54 Å². The predicted molar refractivity (Wildman–Crippen MR) is 74.5 cm³/mol. The molecule has 17 heavy (non-hydrogen) atoms. The standard InChI is InChI=1S/C16H19N/c1-13-8-6-7-11-16(13)14(2)12-17-15-9-4-3-5-10-15/h3-11,14,17H,12H2,1-2H3. The molecule has 1 unspecified atom stereocenters. The molecule has 0 heterocycles. The summed E-state index contributed by atoms with van der Waals surface area (Å²) in [6, 6.07) is 18.9. The molecule has 0 aliphatic rings. The first-order chi connectivity index (χ1) is 8.27. The quantitative estimate of drug-likeness (QED) is 0.821. The smallest absolute Gasteiger partial charge is 0.0340 e. The Bertz CT molecular complexity index is 462. The van der Waals surface area contributed by atoms with Gasteiger partial charge in [-0.1, -0.05) is 49.4 Å². The molecule has 0 saturated carbocycles. The minimum absolute atomic E-state index is 0.524. The van der Waals surface area contributed by atoms with Gasteiger partial charge in [-0.05, 0) is 36.1 Å². The Kier molecular flexibility index (Phi) is 3.81. The van der Waals surface area contributed by atoms with Gasteiger partial charge in [0.1, 0.15) is 0 Å². The second-order valence-electron chi connectivity index (χ2n) is 4.50. The predicted octanol–water partition coefficient (Wildman–Crippen LogP) is 4.21. The Hall–Kier alpha value is -1.76. The Morgan fingerprint density at radius 2 is 1.59 bits per heavy atom. The Balaban J connectivity index is 1.99. The number of anilines is 1. The highest BCUT2D eigenvalue weighted by atomic mass is 14.9. The van der Waals surface area contributed by atoms with E-state index in [-0.39, 0.29) is 0 Å². The van der Waals surface area contributed by atoms with Crippen molar-refractivity contribution in [2.24, 2.45) is 0 Å². The van der Waals surface area contributed by atoms with Crippen LogP contribution in [0.2, 0.25) is 0 Å². The summed E-state index contributed by atoms with van der Waals surface area (Å²) < 4.78 is 0. The highest BCUT2D eigenvalue weighted by molar-refractivity contribution is 5.43. The molecule has 2 aromatic carbocycles. The molecule has 88 valence electrons. The lowest BCUT2D eigenvalue weighted by Crippen LogP contribution is -2.10. The second-order valence-corrected chi connectivity index (χ2v) is 4.50. The molecule has 0 amide bonds. The topological polar surface area (TPSA) is 12.0 Å². The molecule has 1 heteroatoms. The number of para-hydroxylation sites is 1. The van der Waals surface area contributed by atoms with Crippen molar-refractivity contribution in [3.05, 3.63) is 65.7 Å². The van der Waals surface area contributed by atoms with Gasteiger partial charge in [0.05, 0.1) is 0 Å². The maximum atomic E-state index is 3.47. The van der Waals surface area contributed by atoms with Crippen LogP contribution in [0, 0.1) is 6.92 Å². The largest absolute Gasteiger partial charge is 0.384 e. The highest BCUT2D eigenvalue weighted by Crippen LogP contribution is 2.19. The zero-order chi connectivity index (χ0) is 12.1. The molecular weight excluding hydrogens is 206 g/mol. The van der Waals surface area contributed by atoms with Gasteiger partial charge in [0.25, 0.3) is 0 Å². The van der Waals surface area contributed by atoms with Crippen LogP contribution < -0.4 is 5.32 Å². The van der Waals surface area contributed by atoms with Crippen LogP contribution in [0.25, 0.3) is 0 Å². The third-order valence-electron chi connectivity index (χ3n) is 3.11. The van der Waals surface area contributed by atoms with Gasteiger partial charge in [0.15, 0.2) is 0 Å². The molecule has 2 aromatic rings. The highest BCUT2D eigenvalue weighted by Gasteiger charge is 2.07. The van der Waals surface area contributed by atoms with E-state index in [0.29, 0.717) is 5.92 Å². The molecule has 0 aromatic heterocycles. The van der Waals surface area contributed by atoms with Gasteiger partial charge in [0, 0.05) is 12.2 Å². The lowest BCUT2D eigenvalue weighted by molar-refractivity contribution is 0.798. The number of aryl methyl sites for hydroxylation is 1. The van der Waals surface area contributed by atoms with Gasteiger partial charge in [-0.3, -0.25) is 0 Å². The molecule has 2 rings (SSSR count). The Morgan fingerprint density at radius 1 is 0.941 bits per heavy atom. The van der Waals surface area contributed by atoms with E-state index in [1.807, 2.05) is 6.07 Å². The summed E-state index contributed by atoms with van der Waals surface area (Å²) in [7, 11) is 0. The fourth-order valence-electron chi connectivity index (χ4n) is 2.08. The van der Waals surface area contributed by atoms with E-state index in [1.54, 1.807) is 0 Å². The molecule has 0 saturated heterocycles. The zero-order valence-corrected chi connectivity index (χ0v) is 10.5. The number of benzene rings is 2. The van der Waals surface area contributed by atoms with Crippen molar-refractivity contribution in [1.29, 1.82) is 0 Å². The van der Waals surface area contributed by atoms with E-state index in [2.05, 4.69) is 67.7 Å². The van der Waals surface area contributed by atoms with Crippen molar-refractivity contribution in [2.45, 2.75) is 19.8 Å². The summed E-state index contributed by atoms with van der Waals surface area (Å²) in [5.41, 5.74) is 3.98. The monoisotopic (exact) mass is 225 g/mol. The number of hydrogen-bond donors (Lipinski definition) is 1. The number of rotatable bonds is 4. The fraction of sp³-hybridized carbons (Fsp3) is 0.250. The van der Waals surface area contributed by atoms with Crippen molar-refractivity contribution >= 4 is 5.69 Å². The SMILES string of the molecule is Cc1ccccc1C(C)CNc1ccccc1. The molecule has 1 nitrogen and oxygen atoms in total. The van der Waals surface area contributed by atoms with Gasteiger partial charge >= 0.3 is 0 Å². The number of nitrogens with one attached hydrogen (secondary N) is 1. The van der Waals surface area contributed by atoms with E-state index < -0.39 is 0 Å². The van der Waals surface area contributed by atoms with Crippen molar-refractivity contribution in [1.82, 2.24) is 0 Å². The van der Waals surface area contributed by atoms with Gasteiger partial charge in [-0.25, -0.2) is 0 Å². The molecule has 0 fully saturated rings. The van der Waals surface area contributed by atoms with Crippen LogP contribution in [-0.2, 0) is 0 Å². The lowest BCUT2D eigenvalue weighted by atomic mass is 9.96. The third kappa shape index (κ3) is 3.10. The molecule has 0 radical (unpaired) electrons. The average molecular weight is 225 g/mol. The maximum absolute atomic E-state index is 3.47. The molecule has 0 aliphatic heterocycles. The Morgan fingerprint density at radius 3 is 2.29 bits per heavy atom. The van der Waals surface area contributed by atoms with Crippen LogP contribution in [0.3, 0.4) is 0 Å². The van der Waals surface area contributed by atoms with Crippen LogP contribution in [0.15, 0.2) is 54.6 Å². The lowest BCUT2D eigenvalue weighted by Gasteiger charge is -2.16. The first-order valence-corrected chi connectivity index (χ1v) is 6.12. The summed E-state index contributed by atoms with van der Waals surface area (Å²) in [4.78, 5) is 0. The second kappa shape index (κ2) is 5.53. The summed E-state index contributed by atoms with van der Waals surface area (Å²) in [5.74, 6) is 0.524. The van der Waals surface area contributed by atoms with E-state index in [4.69, 9.17) is 0 Å². The van der Waals surface area contributed by atoms with Crippen LogP contribution in [0.1, 0.15) is 24.0 Å². The summed E-state index contributed by atoms with van der Waals surface area (Å²) >= 11 is 0. The van der Waals surface area contributed by atoms with Crippen molar-refractivity contribution in [2.75, 3.05) is 11.9 Å². The molecule has 1 atom stereocenters. The summed E-state index contributed by atoms with van der Waals surface area (Å²) in [5, 5.41) is 3.47. The maximum Gasteiger partial charge on any atom is 0.0340 e. The van der Waals surface area contributed by atoms with Crippen LogP contribution >= 0.6 is 0 Å². The van der Waals surface area contributed by atoms with Gasteiger partial charge in [-0.2, -0.15) is 0 Å². The van der Waals surface area contributed by atoms with Crippen LogP contribution in [0.4, 0.5) is 5.69 Å². The fourth-order valence-corrected chi connectivity index (χ4v) is 2.08. The minimum atomic E-state index is 0.524. The van der Waals surface area contributed by atoms with E-state index in [0.717, 1.165) is 6.54 Å².